The Morgan fingerprint density at radius 2 is 2.31 bits per heavy atom. The first kappa shape index (κ1) is 11.4. The Balaban J connectivity index is 2.18. The standard InChI is InChI=1S/C11H13BrN2O2/c12-9-2-1-7(5-10(9)15)11(16)14-4-3-8(13)6-14/h1-2,5,8,15H,3-4,6,13H2. The molecule has 1 fully saturated rings. The van der Waals surface area contributed by atoms with E-state index in [0.717, 1.165) is 6.42 Å². The largest absolute Gasteiger partial charge is 0.507 e. The number of likely N-dealkylation sites (tertiary alicyclic amines) is 1. The number of hydrogen-bond donors (Lipinski definition) is 2. The minimum atomic E-state index is -0.0734. The summed E-state index contributed by atoms with van der Waals surface area (Å²) in [6.45, 7) is 1.28. The topological polar surface area (TPSA) is 66.6 Å². The van der Waals surface area contributed by atoms with Gasteiger partial charge in [-0.3, -0.25) is 4.79 Å². The monoisotopic (exact) mass is 284 g/mol. The van der Waals surface area contributed by atoms with Crippen molar-refractivity contribution >= 4 is 21.8 Å². The van der Waals surface area contributed by atoms with Crippen molar-refractivity contribution in [1.29, 1.82) is 0 Å². The molecule has 1 aromatic carbocycles. The summed E-state index contributed by atoms with van der Waals surface area (Å²) in [5, 5.41) is 9.50. The third-order valence-electron chi connectivity index (χ3n) is 2.71. The van der Waals surface area contributed by atoms with Crippen molar-refractivity contribution in [2.24, 2.45) is 5.73 Å². The van der Waals surface area contributed by atoms with Crippen molar-refractivity contribution in [2.45, 2.75) is 12.5 Å². The molecule has 0 saturated carbocycles. The van der Waals surface area contributed by atoms with Gasteiger partial charge >= 0.3 is 0 Å². The van der Waals surface area contributed by atoms with Gasteiger partial charge in [-0.05, 0) is 40.5 Å². The van der Waals surface area contributed by atoms with E-state index in [9.17, 15) is 9.90 Å². The number of carbonyl (C=O) groups excluding carboxylic acids is 1. The molecule has 0 spiro atoms. The Morgan fingerprint density at radius 3 is 2.88 bits per heavy atom. The lowest BCUT2D eigenvalue weighted by atomic mass is 10.2. The normalized spacial score (nSPS) is 20.1. The van der Waals surface area contributed by atoms with Crippen LogP contribution in [-0.2, 0) is 0 Å². The summed E-state index contributed by atoms with van der Waals surface area (Å²) in [6, 6.07) is 4.90. The predicted molar refractivity (Wildman–Crippen MR) is 64.3 cm³/mol. The van der Waals surface area contributed by atoms with Gasteiger partial charge in [0.1, 0.15) is 5.75 Å². The maximum atomic E-state index is 12.0. The highest BCUT2D eigenvalue weighted by Crippen LogP contribution is 2.25. The van der Waals surface area contributed by atoms with E-state index in [1.54, 1.807) is 17.0 Å². The van der Waals surface area contributed by atoms with Crippen molar-refractivity contribution in [1.82, 2.24) is 4.90 Å². The molecule has 1 heterocycles. The molecule has 1 aliphatic heterocycles. The number of amides is 1. The van der Waals surface area contributed by atoms with Crippen molar-refractivity contribution in [3.63, 3.8) is 0 Å². The number of hydrogen-bond acceptors (Lipinski definition) is 3. The Kier molecular flexibility index (Phi) is 3.16. The summed E-state index contributed by atoms with van der Waals surface area (Å²) in [4.78, 5) is 13.7. The zero-order valence-electron chi connectivity index (χ0n) is 8.69. The molecule has 1 aromatic rings. The van der Waals surface area contributed by atoms with Gasteiger partial charge in [-0.25, -0.2) is 0 Å². The summed E-state index contributed by atoms with van der Waals surface area (Å²) in [5.74, 6) is 0.00472. The molecule has 0 aliphatic carbocycles. The lowest BCUT2D eigenvalue weighted by Crippen LogP contribution is -2.31. The molecule has 0 bridgehead atoms. The molecule has 1 atom stereocenters. The molecule has 0 radical (unpaired) electrons. The van der Waals surface area contributed by atoms with Crippen LogP contribution in [0.5, 0.6) is 5.75 Å². The molecule has 1 amide bonds. The van der Waals surface area contributed by atoms with Crippen LogP contribution in [-0.4, -0.2) is 35.0 Å². The second kappa shape index (κ2) is 4.43. The lowest BCUT2D eigenvalue weighted by molar-refractivity contribution is 0.0790. The van der Waals surface area contributed by atoms with Crippen LogP contribution in [0.3, 0.4) is 0 Å². The number of nitrogens with zero attached hydrogens (tertiary/aromatic N) is 1. The fourth-order valence-corrected chi connectivity index (χ4v) is 2.05. The number of carbonyl (C=O) groups is 1. The van der Waals surface area contributed by atoms with Crippen molar-refractivity contribution in [3.8, 4) is 5.75 Å². The zero-order chi connectivity index (χ0) is 11.7. The number of phenolic OH excluding ortho intramolecular Hbond substituents is 1. The van der Waals surface area contributed by atoms with Crippen LogP contribution in [0.2, 0.25) is 0 Å². The van der Waals surface area contributed by atoms with Gasteiger partial charge in [0.2, 0.25) is 0 Å². The number of aromatic hydroxyl groups is 1. The maximum Gasteiger partial charge on any atom is 0.254 e. The van der Waals surface area contributed by atoms with Crippen LogP contribution in [0.1, 0.15) is 16.8 Å². The van der Waals surface area contributed by atoms with E-state index in [1.165, 1.54) is 6.07 Å². The molecule has 2 rings (SSSR count). The number of benzene rings is 1. The van der Waals surface area contributed by atoms with Gasteiger partial charge in [0.05, 0.1) is 4.47 Å². The first-order valence-electron chi connectivity index (χ1n) is 5.11. The van der Waals surface area contributed by atoms with Gasteiger partial charge in [-0.2, -0.15) is 0 Å². The number of halogens is 1. The van der Waals surface area contributed by atoms with Crippen LogP contribution in [0.4, 0.5) is 0 Å². The van der Waals surface area contributed by atoms with Gasteiger partial charge in [0.15, 0.2) is 0 Å². The summed E-state index contributed by atoms with van der Waals surface area (Å²) >= 11 is 3.18. The van der Waals surface area contributed by atoms with Crippen LogP contribution < -0.4 is 5.73 Å². The van der Waals surface area contributed by atoms with Gasteiger partial charge in [-0.15, -0.1) is 0 Å². The molecule has 5 heteroatoms. The molecule has 1 unspecified atom stereocenters. The van der Waals surface area contributed by atoms with Crippen molar-refractivity contribution in [3.05, 3.63) is 28.2 Å². The molecule has 16 heavy (non-hydrogen) atoms. The van der Waals surface area contributed by atoms with Gasteiger partial charge in [0, 0.05) is 24.7 Å². The smallest absolute Gasteiger partial charge is 0.254 e. The van der Waals surface area contributed by atoms with Gasteiger partial charge < -0.3 is 15.7 Å². The highest BCUT2D eigenvalue weighted by Gasteiger charge is 2.24. The Bertz CT molecular complexity index is 422. The molecule has 0 aromatic heterocycles. The third kappa shape index (κ3) is 2.20. The highest BCUT2D eigenvalue weighted by molar-refractivity contribution is 9.10. The van der Waals surface area contributed by atoms with Crippen molar-refractivity contribution < 1.29 is 9.90 Å². The van der Waals surface area contributed by atoms with E-state index in [1.807, 2.05) is 0 Å². The zero-order valence-corrected chi connectivity index (χ0v) is 10.3. The van der Waals surface area contributed by atoms with E-state index in [-0.39, 0.29) is 17.7 Å². The van der Waals surface area contributed by atoms with E-state index < -0.39 is 0 Å². The predicted octanol–water partition coefficient (Wildman–Crippen LogP) is 1.33. The minimum absolute atomic E-state index is 0.0734. The molecular weight excluding hydrogens is 272 g/mol. The van der Waals surface area contributed by atoms with Crippen LogP contribution in [0.25, 0.3) is 0 Å². The van der Waals surface area contributed by atoms with Crippen molar-refractivity contribution in [2.75, 3.05) is 13.1 Å². The summed E-state index contributed by atoms with van der Waals surface area (Å²) in [6.07, 6.45) is 0.842. The number of phenols is 1. The second-order valence-corrected chi connectivity index (χ2v) is 4.82. The Morgan fingerprint density at radius 1 is 1.56 bits per heavy atom. The minimum Gasteiger partial charge on any atom is -0.507 e. The fourth-order valence-electron chi connectivity index (χ4n) is 1.80. The molecule has 3 N–H and O–H groups in total. The van der Waals surface area contributed by atoms with Crippen LogP contribution in [0, 0.1) is 0 Å². The summed E-state index contributed by atoms with van der Waals surface area (Å²) < 4.78 is 0.585. The molecule has 86 valence electrons. The maximum absolute atomic E-state index is 12.0. The number of rotatable bonds is 1. The quantitative estimate of drug-likeness (QED) is 0.818. The van der Waals surface area contributed by atoms with Gasteiger partial charge in [0.25, 0.3) is 5.91 Å². The summed E-state index contributed by atoms with van der Waals surface area (Å²) in [5.41, 5.74) is 6.24. The van der Waals surface area contributed by atoms with E-state index in [2.05, 4.69) is 15.9 Å². The SMILES string of the molecule is NC1CCN(C(=O)c2ccc(Br)c(O)c2)C1. The molecule has 4 nitrogen and oxygen atoms in total. The fraction of sp³-hybridized carbons (Fsp3) is 0.364. The number of nitrogens with two attached hydrogens (primary N) is 1. The first-order valence-corrected chi connectivity index (χ1v) is 5.90. The summed E-state index contributed by atoms with van der Waals surface area (Å²) in [7, 11) is 0. The molecular formula is C11H13BrN2O2. The van der Waals surface area contributed by atoms with E-state index in [0.29, 0.717) is 23.1 Å². The van der Waals surface area contributed by atoms with Gasteiger partial charge in [-0.1, -0.05) is 0 Å². The van der Waals surface area contributed by atoms with Crippen LogP contribution >= 0.6 is 15.9 Å². The Labute approximate surface area is 102 Å². The Hall–Kier alpha value is -1.07. The average molecular weight is 285 g/mol. The first-order chi connectivity index (χ1) is 7.58. The van der Waals surface area contributed by atoms with Crippen LogP contribution in [0.15, 0.2) is 22.7 Å². The van der Waals surface area contributed by atoms with E-state index >= 15 is 0 Å². The van der Waals surface area contributed by atoms with E-state index in [4.69, 9.17) is 5.73 Å². The third-order valence-corrected chi connectivity index (χ3v) is 3.38. The second-order valence-electron chi connectivity index (χ2n) is 3.97. The molecule has 1 aliphatic rings. The average Bonchev–Trinajstić information content (AvgIpc) is 2.68. The highest BCUT2D eigenvalue weighted by atomic mass is 79.9. The molecule has 1 saturated heterocycles. The lowest BCUT2D eigenvalue weighted by Gasteiger charge is -2.15.